The van der Waals surface area contributed by atoms with E-state index in [2.05, 4.69) is 20.5 Å². The number of nitrogens with zero attached hydrogens (tertiary/aromatic N) is 3. The van der Waals surface area contributed by atoms with Crippen LogP contribution in [0.15, 0.2) is 23.2 Å². The normalized spacial score (nSPS) is 15.4. The maximum atomic E-state index is 13.7. The molecule has 0 spiro atoms. The number of hydrogen-bond acceptors (Lipinski definition) is 4. The van der Waals surface area contributed by atoms with Gasteiger partial charge in [-0.1, -0.05) is 0 Å². The summed E-state index contributed by atoms with van der Waals surface area (Å²) in [6.45, 7) is 5.08. The molecule has 1 saturated heterocycles. The Balaban J connectivity index is 1.86. The Morgan fingerprint density at radius 2 is 1.93 bits per heavy atom. The number of carbonyl (C=O) groups excluding carboxylic acids is 1. The summed E-state index contributed by atoms with van der Waals surface area (Å²) in [7, 11) is 3.34. The average Bonchev–Trinajstić information content (AvgIpc) is 2.68. The minimum Gasteiger partial charge on any atom is -0.379 e. The largest absolute Gasteiger partial charge is 0.379 e. The topological polar surface area (TPSA) is 69.2 Å². The Morgan fingerprint density at radius 3 is 2.64 bits per heavy atom. The fourth-order valence-corrected chi connectivity index (χ4v) is 2.67. The number of likely N-dealkylation sites (N-methyl/N-ethyl adjacent to an activating group) is 1. The summed E-state index contributed by atoms with van der Waals surface area (Å²) in [6.07, 6.45) is 0.301. The van der Waals surface area contributed by atoms with E-state index in [9.17, 15) is 13.6 Å². The summed E-state index contributed by atoms with van der Waals surface area (Å²) in [5.41, 5.74) is 0.296. The van der Waals surface area contributed by atoms with Crippen LogP contribution in [0.25, 0.3) is 0 Å². The van der Waals surface area contributed by atoms with E-state index in [1.165, 1.54) is 11.0 Å². The number of hydrogen-bond donors (Lipinski definition) is 2. The minimum absolute atomic E-state index is 0.00815. The van der Waals surface area contributed by atoms with E-state index >= 15 is 0 Å². The number of rotatable bonds is 8. The number of nitrogens with one attached hydrogen (secondary N) is 2. The Labute approximate surface area is 164 Å². The minimum atomic E-state index is -0.467. The fourth-order valence-electron chi connectivity index (χ4n) is 2.67. The van der Waals surface area contributed by atoms with Gasteiger partial charge < -0.3 is 20.3 Å². The van der Waals surface area contributed by atoms with Gasteiger partial charge in [0.05, 0.1) is 13.2 Å². The highest BCUT2D eigenvalue weighted by Crippen LogP contribution is 2.09. The van der Waals surface area contributed by atoms with Crippen LogP contribution in [-0.2, 0) is 16.0 Å². The molecule has 7 nitrogen and oxygen atoms in total. The lowest BCUT2D eigenvalue weighted by molar-refractivity contribution is -0.127. The van der Waals surface area contributed by atoms with E-state index in [4.69, 9.17) is 4.74 Å². The van der Waals surface area contributed by atoms with Crippen molar-refractivity contribution in [3.8, 4) is 0 Å². The molecule has 1 amide bonds. The smallest absolute Gasteiger partial charge is 0.243 e. The Kier molecular flexibility index (Phi) is 9.09. The van der Waals surface area contributed by atoms with Crippen LogP contribution in [0, 0.1) is 11.6 Å². The van der Waals surface area contributed by atoms with Crippen molar-refractivity contribution in [3.63, 3.8) is 0 Å². The second kappa shape index (κ2) is 11.6. The molecular weight excluding hydrogens is 368 g/mol. The van der Waals surface area contributed by atoms with Gasteiger partial charge in [0.2, 0.25) is 5.91 Å². The molecule has 1 aliphatic heterocycles. The highest BCUT2D eigenvalue weighted by molar-refractivity contribution is 5.84. The van der Waals surface area contributed by atoms with Gasteiger partial charge in [-0.05, 0) is 30.2 Å². The first-order valence-corrected chi connectivity index (χ1v) is 9.42. The Bertz CT molecular complexity index is 664. The van der Waals surface area contributed by atoms with Gasteiger partial charge in [-0.2, -0.15) is 0 Å². The van der Waals surface area contributed by atoms with Gasteiger partial charge in [0.15, 0.2) is 5.96 Å². The van der Waals surface area contributed by atoms with Gasteiger partial charge in [-0.15, -0.1) is 0 Å². The first-order valence-electron chi connectivity index (χ1n) is 9.42. The predicted octanol–water partition coefficient (Wildman–Crippen LogP) is 0.463. The third-order valence-electron chi connectivity index (χ3n) is 4.39. The van der Waals surface area contributed by atoms with E-state index < -0.39 is 11.6 Å². The summed E-state index contributed by atoms with van der Waals surface area (Å²) < 4.78 is 32.4. The molecule has 0 unspecified atom stereocenters. The Morgan fingerprint density at radius 1 is 1.21 bits per heavy atom. The SMILES string of the molecule is CN(C)C(=O)CN=C(NCCc1cc(F)ccc1F)NCCN1CCOCC1. The second-order valence-electron chi connectivity index (χ2n) is 6.75. The van der Waals surface area contributed by atoms with Gasteiger partial charge in [0.1, 0.15) is 18.2 Å². The lowest BCUT2D eigenvalue weighted by Crippen LogP contribution is -2.45. The third-order valence-corrected chi connectivity index (χ3v) is 4.39. The molecule has 1 aromatic carbocycles. The van der Waals surface area contributed by atoms with E-state index in [0.29, 0.717) is 31.0 Å². The molecule has 28 heavy (non-hydrogen) atoms. The van der Waals surface area contributed by atoms with Crippen LogP contribution in [0.3, 0.4) is 0 Å². The van der Waals surface area contributed by atoms with Crippen LogP contribution in [0.5, 0.6) is 0 Å². The summed E-state index contributed by atoms with van der Waals surface area (Å²) >= 11 is 0. The molecule has 2 rings (SSSR count). The van der Waals surface area contributed by atoms with Gasteiger partial charge in [0.25, 0.3) is 0 Å². The van der Waals surface area contributed by atoms with Gasteiger partial charge in [-0.25, -0.2) is 13.8 Å². The van der Waals surface area contributed by atoms with Gasteiger partial charge >= 0.3 is 0 Å². The number of benzene rings is 1. The zero-order chi connectivity index (χ0) is 20.4. The molecule has 2 N–H and O–H groups in total. The average molecular weight is 397 g/mol. The second-order valence-corrected chi connectivity index (χ2v) is 6.75. The molecule has 0 saturated carbocycles. The van der Waals surface area contributed by atoms with Crippen LogP contribution in [0.1, 0.15) is 5.56 Å². The van der Waals surface area contributed by atoms with Gasteiger partial charge in [0, 0.05) is 46.8 Å². The van der Waals surface area contributed by atoms with Crippen LogP contribution < -0.4 is 10.6 Å². The van der Waals surface area contributed by atoms with E-state index in [1.807, 2.05) is 0 Å². The molecule has 1 aliphatic rings. The maximum Gasteiger partial charge on any atom is 0.243 e. The van der Waals surface area contributed by atoms with E-state index in [-0.39, 0.29) is 12.5 Å². The summed E-state index contributed by atoms with van der Waals surface area (Å²) in [4.78, 5) is 19.8. The van der Waals surface area contributed by atoms with Crippen molar-refractivity contribution in [2.75, 3.05) is 66.6 Å². The van der Waals surface area contributed by atoms with Crippen molar-refractivity contribution in [2.45, 2.75) is 6.42 Å². The quantitative estimate of drug-likeness (QED) is 0.493. The molecule has 1 fully saturated rings. The predicted molar refractivity (Wildman–Crippen MR) is 104 cm³/mol. The molecule has 0 aliphatic carbocycles. The Hall–Kier alpha value is -2.26. The van der Waals surface area contributed by atoms with Crippen molar-refractivity contribution < 1.29 is 18.3 Å². The number of morpholine rings is 1. The number of ether oxygens (including phenoxy) is 1. The highest BCUT2D eigenvalue weighted by atomic mass is 19.1. The summed E-state index contributed by atoms with van der Waals surface area (Å²) in [5, 5.41) is 6.27. The number of halogens is 2. The van der Waals surface area contributed by atoms with Gasteiger partial charge in [-0.3, -0.25) is 9.69 Å². The molecule has 0 radical (unpaired) electrons. The molecule has 1 aromatic rings. The van der Waals surface area contributed by atoms with Crippen LogP contribution in [-0.4, -0.2) is 88.2 Å². The standard InChI is InChI=1S/C19H29F2N5O2/c1-25(2)18(27)14-24-19(23-7-8-26-9-11-28-12-10-26)22-6-5-15-13-16(20)3-4-17(15)21/h3-4,13H,5-12,14H2,1-2H3,(H2,22,23,24). The van der Waals surface area contributed by atoms with Crippen molar-refractivity contribution in [1.29, 1.82) is 0 Å². The van der Waals surface area contributed by atoms with Crippen LogP contribution in [0.2, 0.25) is 0 Å². The van der Waals surface area contributed by atoms with Crippen molar-refractivity contribution >= 4 is 11.9 Å². The van der Waals surface area contributed by atoms with E-state index in [1.54, 1.807) is 14.1 Å². The monoisotopic (exact) mass is 397 g/mol. The highest BCUT2D eigenvalue weighted by Gasteiger charge is 2.11. The first kappa shape index (κ1) is 22.0. The first-order chi connectivity index (χ1) is 13.5. The van der Waals surface area contributed by atoms with Crippen LogP contribution >= 0.6 is 0 Å². The number of aliphatic imine (C=N–C) groups is 1. The summed E-state index contributed by atoms with van der Waals surface area (Å²) in [6, 6.07) is 3.41. The fraction of sp³-hybridized carbons (Fsp3) is 0.579. The lowest BCUT2D eigenvalue weighted by atomic mass is 10.1. The molecule has 0 atom stereocenters. The van der Waals surface area contributed by atoms with Crippen molar-refractivity contribution in [1.82, 2.24) is 20.4 Å². The van der Waals surface area contributed by atoms with Crippen molar-refractivity contribution in [3.05, 3.63) is 35.4 Å². The summed E-state index contributed by atoms with van der Waals surface area (Å²) in [5.74, 6) is -0.555. The third kappa shape index (κ3) is 7.77. The molecular formula is C19H29F2N5O2. The number of carbonyl (C=O) groups is 1. The van der Waals surface area contributed by atoms with Crippen LogP contribution in [0.4, 0.5) is 8.78 Å². The van der Waals surface area contributed by atoms with E-state index in [0.717, 1.165) is 45.0 Å². The maximum absolute atomic E-state index is 13.7. The van der Waals surface area contributed by atoms with Crippen molar-refractivity contribution in [2.24, 2.45) is 4.99 Å². The zero-order valence-corrected chi connectivity index (χ0v) is 16.5. The molecule has 9 heteroatoms. The molecule has 156 valence electrons. The molecule has 0 bridgehead atoms. The molecule has 0 aromatic heterocycles. The number of guanidine groups is 1. The lowest BCUT2D eigenvalue weighted by Gasteiger charge is -2.26. The zero-order valence-electron chi connectivity index (χ0n) is 16.5. The molecule has 1 heterocycles. The number of amides is 1.